The fraction of sp³-hybridized carbons (Fsp3) is 0.513. The molecule has 0 bridgehead atoms. The van der Waals surface area contributed by atoms with Crippen molar-refractivity contribution in [1.29, 1.82) is 0 Å². The van der Waals surface area contributed by atoms with Crippen LogP contribution in [0.4, 0.5) is 9.59 Å². The van der Waals surface area contributed by atoms with Crippen molar-refractivity contribution < 1.29 is 168 Å². The first kappa shape index (κ1) is 125. The molecule has 4 N–H and O–H groups in total. The summed E-state index contributed by atoms with van der Waals surface area (Å²) in [7, 11) is 6.64. The maximum absolute atomic E-state index is 10.9. The van der Waals surface area contributed by atoms with Gasteiger partial charge in [0.1, 0.15) is 58.5 Å². The summed E-state index contributed by atoms with van der Waals surface area (Å²) in [5, 5.41) is 23.0. The summed E-state index contributed by atoms with van der Waals surface area (Å²) in [4.78, 5) is 178. The Hall–Kier alpha value is -11.7. The number of carbonyl (C=O) groups excluding carboxylic acids is 17. The predicted molar refractivity (Wildman–Crippen MR) is 412 cm³/mol. The van der Waals surface area contributed by atoms with Crippen LogP contribution < -0.4 is 10.6 Å². The SMILES string of the molecule is C.C=C(C)C(=O)CCNC(=O)OC.C=C(C)C(=O)OC.C=C(C)C(=O)OCC(O)COC.C=C(C)C(=O)OCC(O)COC(C)=O.C=C(C)C(=O)OCCCCOC(C)=O.C=C(C)C(=O)OCCOC(C)=O.C=CC(=O)CCNC(=O)OC.C=CC(=O)OC.C=CC(=O)OCCCCOC(C)=O.C=CC(=O)OCCOC(C)=O. The van der Waals surface area contributed by atoms with E-state index in [1.807, 2.05) is 0 Å². The van der Waals surface area contributed by atoms with E-state index in [0.29, 0.717) is 86.5 Å². The quantitative estimate of drug-likeness (QED) is 0.0215. The van der Waals surface area contributed by atoms with Crippen LogP contribution in [0.5, 0.6) is 0 Å². The third-order valence-corrected chi connectivity index (χ3v) is 10.0. The highest BCUT2D eigenvalue weighted by molar-refractivity contribution is 5.94. The molecular weight excluding hydrogens is 1500 g/mol. The number of ketones is 2. The van der Waals surface area contributed by atoms with Crippen LogP contribution in [0.3, 0.4) is 0 Å². The van der Waals surface area contributed by atoms with Crippen molar-refractivity contribution in [2.24, 2.45) is 0 Å². The summed E-state index contributed by atoms with van der Waals surface area (Å²) in [6.45, 7) is 51.3. The van der Waals surface area contributed by atoms with Crippen molar-refractivity contribution in [2.45, 2.75) is 134 Å². The molecule has 37 nitrogen and oxygen atoms in total. The van der Waals surface area contributed by atoms with Gasteiger partial charge in [0.15, 0.2) is 11.6 Å². The lowest BCUT2D eigenvalue weighted by Crippen LogP contribution is -2.25. The predicted octanol–water partition coefficient (Wildman–Crippen LogP) is 6.68. The minimum Gasteiger partial charge on any atom is -0.466 e. The van der Waals surface area contributed by atoms with Gasteiger partial charge in [0, 0.05) is 114 Å². The minimum absolute atomic E-state index is 0. The number of carbonyl (C=O) groups is 17. The second-order valence-electron chi connectivity index (χ2n) is 20.9. The van der Waals surface area contributed by atoms with Crippen molar-refractivity contribution in [1.82, 2.24) is 10.6 Å². The molecule has 0 rings (SSSR count). The number of hydrogen-bond donors (Lipinski definition) is 4. The zero-order valence-corrected chi connectivity index (χ0v) is 67.5. The molecule has 0 aromatic rings. The first-order valence-corrected chi connectivity index (χ1v) is 33.0. The molecular formula is C76H122N2O35. The molecule has 2 atom stereocenters. The van der Waals surface area contributed by atoms with E-state index in [1.165, 1.54) is 83.2 Å². The van der Waals surface area contributed by atoms with Gasteiger partial charge in [-0.2, -0.15) is 0 Å². The van der Waals surface area contributed by atoms with Gasteiger partial charge in [0.05, 0.1) is 61.5 Å². The van der Waals surface area contributed by atoms with Gasteiger partial charge in [-0.15, -0.1) is 0 Å². The molecule has 0 saturated carbocycles. The Labute approximate surface area is 663 Å². The zero-order chi connectivity index (χ0) is 89.1. The number of methoxy groups -OCH3 is 5. The van der Waals surface area contributed by atoms with Crippen LogP contribution in [-0.2, 0) is 148 Å². The molecule has 0 heterocycles. The molecule has 0 saturated heterocycles. The molecule has 2 unspecified atom stereocenters. The Balaban J connectivity index is -0.000000114. The normalized spacial score (nSPS) is 9.29. The summed E-state index contributed by atoms with van der Waals surface area (Å²) >= 11 is 0. The number of aliphatic hydroxyl groups is 2. The third-order valence-electron chi connectivity index (χ3n) is 10.0. The number of aliphatic hydroxyl groups excluding tert-OH is 2. The minimum atomic E-state index is -0.998. The lowest BCUT2D eigenvalue weighted by Gasteiger charge is -2.10. The number of hydrogen-bond acceptors (Lipinski definition) is 35. The summed E-state index contributed by atoms with van der Waals surface area (Å²) in [6.07, 6.45) is 4.99. The van der Waals surface area contributed by atoms with Crippen molar-refractivity contribution in [3.05, 3.63) is 124 Å². The third kappa shape index (κ3) is 119. The van der Waals surface area contributed by atoms with E-state index in [-0.39, 0.29) is 133 Å². The summed E-state index contributed by atoms with van der Waals surface area (Å²) in [5.41, 5.74) is 2.23. The fourth-order valence-corrected chi connectivity index (χ4v) is 4.56. The molecule has 0 aliphatic heterocycles. The Bertz CT molecular complexity index is 2960. The number of amides is 2. The van der Waals surface area contributed by atoms with Crippen molar-refractivity contribution in [3.63, 3.8) is 0 Å². The summed E-state index contributed by atoms with van der Waals surface area (Å²) in [5.74, 6) is -5.59. The Kier molecular flexibility index (Phi) is 98.6. The van der Waals surface area contributed by atoms with Gasteiger partial charge in [-0.3, -0.25) is 33.6 Å². The van der Waals surface area contributed by atoms with Crippen LogP contribution in [0, 0.1) is 0 Å². The molecule has 2 amide bonds. The number of unbranched alkanes of at least 4 members (excludes halogenated alkanes) is 2. The van der Waals surface area contributed by atoms with Gasteiger partial charge in [0.25, 0.3) is 0 Å². The maximum atomic E-state index is 10.9. The molecule has 0 fully saturated rings. The van der Waals surface area contributed by atoms with E-state index < -0.39 is 66.2 Å². The Morgan fingerprint density at radius 1 is 0.310 bits per heavy atom. The Morgan fingerprint density at radius 2 is 0.584 bits per heavy atom. The van der Waals surface area contributed by atoms with Gasteiger partial charge in [0.2, 0.25) is 0 Å². The van der Waals surface area contributed by atoms with Crippen LogP contribution in [0.15, 0.2) is 124 Å². The molecule has 0 radical (unpaired) electrons. The molecule has 0 aliphatic carbocycles. The zero-order valence-electron chi connectivity index (χ0n) is 67.5. The van der Waals surface area contributed by atoms with Gasteiger partial charge in [-0.05, 0) is 78.9 Å². The highest BCUT2D eigenvalue weighted by atomic mass is 16.6. The van der Waals surface area contributed by atoms with E-state index in [1.54, 1.807) is 34.6 Å². The van der Waals surface area contributed by atoms with E-state index in [0.717, 1.165) is 18.2 Å². The lowest BCUT2D eigenvalue weighted by atomic mass is 10.2. The molecule has 0 spiro atoms. The van der Waals surface area contributed by atoms with Crippen molar-refractivity contribution in [3.8, 4) is 0 Å². The monoisotopic (exact) mass is 1620 g/mol. The number of nitrogens with one attached hydrogen (secondary N) is 2. The number of alkyl carbamates (subject to hydrolysis) is 2. The summed E-state index contributed by atoms with van der Waals surface area (Å²) < 4.78 is 72.5. The first-order valence-electron chi connectivity index (χ1n) is 33.0. The lowest BCUT2D eigenvalue weighted by molar-refractivity contribution is -0.149. The van der Waals surface area contributed by atoms with Gasteiger partial charge < -0.3 is 96.6 Å². The van der Waals surface area contributed by atoms with Gasteiger partial charge in [-0.25, -0.2) is 47.9 Å². The fourth-order valence-electron chi connectivity index (χ4n) is 4.56. The van der Waals surface area contributed by atoms with E-state index in [4.69, 9.17) is 24.4 Å². The second-order valence-corrected chi connectivity index (χ2v) is 20.9. The molecule has 0 aromatic heterocycles. The largest absolute Gasteiger partial charge is 0.466 e. The molecule has 646 valence electrons. The molecule has 0 aliphatic rings. The number of allylic oxidation sites excluding steroid dienone is 2. The van der Waals surface area contributed by atoms with E-state index in [2.05, 4.69) is 138 Å². The first-order chi connectivity index (χ1) is 52.2. The van der Waals surface area contributed by atoms with E-state index >= 15 is 0 Å². The average Bonchev–Trinajstić information content (AvgIpc) is 0.993. The highest BCUT2D eigenvalue weighted by Crippen LogP contribution is 2.00. The second kappa shape index (κ2) is 89.2. The number of ether oxygens (including phenoxy) is 16. The van der Waals surface area contributed by atoms with Crippen LogP contribution in [0.2, 0.25) is 0 Å². The van der Waals surface area contributed by atoms with Crippen LogP contribution in [-0.4, -0.2) is 252 Å². The van der Waals surface area contributed by atoms with Crippen LogP contribution in [0.25, 0.3) is 0 Å². The average molecular weight is 1620 g/mol. The molecule has 37 heteroatoms. The van der Waals surface area contributed by atoms with Gasteiger partial charge >= 0.3 is 89.8 Å². The van der Waals surface area contributed by atoms with Crippen LogP contribution in [0.1, 0.15) is 122 Å². The van der Waals surface area contributed by atoms with Crippen LogP contribution >= 0.6 is 0 Å². The standard InChI is InChI=1S/C10H16O4.C9H14O5.C9H14O4.C8H13NO3.C8H14O4.C8H12O4.C7H11NO3.C7H10O4.C5H8O2.C4H6O2.CH4/c1-8(2)10(12)14-7-5-4-6-13-9(3)11;1-6(2)9(12)14-5-8(11)4-13-7(3)10;1-3-9(11)13-7-5-4-6-12-8(2)10;1-6(2)7(10)4-5-9-8(11)12-3;1-6(2)8(10)12-5-7(9)4-11-3;1-6(2)8(10)12-5-4-11-7(3)9;1-3-6(9)4-5-8-7(10)11-2;1-3-7(9)11-5-4-10-6(2)8;1-4(2)5(6)7-3;1-3-4(5)6-2;/h1,4-7H2,2-3H3;8,11H,1,4-5H2,2-3H3;3H,1,4-7H2,2H3;1,4-5H2,2-3H3,(H,9,11);7,9H,1,4-5H2,2-3H3;1,4-5H2,2-3H3;3H,1,4-5H2,2H3,(H,8,10);3H,1,4-5H2,2H3;1H2,2-3H3;3H,1H2,2H3;1H4. The van der Waals surface area contributed by atoms with Crippen molar-refractivity contribution in [2.75, 3.05) is 128 Å². The number of rotatable bonds is 40. The topological polar surface area (TPSA) is 502 Å². The number of esters is 13. The maximum Gasteiger partial charge on any atom is 0.406 e. The smallest absolute Gasteiger partial charge is 0.406 e. The molecule has 0 aromatic carbocycles. The van der Waals surface area contributed by atoms with Gasteiger partial charge in [-0.1, -0.05) is 73.2 Å². The Morgan fingerprint density at radius 3 is 0.858 bits per heavy atom. The molecule has 113 heavy (non-hydrogen) atoms. The highest BCUT2D eigenvalue weighted by Gasteiger charge is 2.12. The van der Waals surface area contributed by atoms with E-state index in [9.17, 15) is 81.5 Å². The summed E-state index contributed by atoms with van der Waals surface area (Å²) in [6, 6.07) is 0. The van der Waals surface area contributed by atoms with Crippen molar-refractivity contribution >= 4 is 101 Å². The number of Topliss-reactive ketones (excluding diaryl/α,β-unsaturated/α-hetero) is 1.